The summed E-state index contributed by atoms with van der Waals surface area (Å²) >= 11 is 1.80. The van der Waals surface area contributed by atoms with E-state index in [0.717, 1.165) is 12.8 Å². The maximum Gasteiger partial charge on any atom is 0.220 e. The van der Waals surface area contributed by atoms with Gasteiger partial charge in [0.05, 0.1) is 0 Å². The normalized spacial score (nSPS) is 23.2. The second kappa shape index (κ2) is 4.64. The topological polar surface area (TPSA) is 29.1 Å². The minimum atomic E-state index is -0.0546. The Balaban J connectivity index is 1.97. The third-order valence-corrected chi connectivity index (χ3v) is 5.37. The summed E-state index contributed by atoms with van der Waals surface area (Å²) in [4.78, 5) is 11.6. The van der Waals surface area contributed by atoms with Crippen LogP contribution in [-0.2, 0) is 11.2 Å². The Morgan fingerprint density at radius 2 is 2.16 bits per heavy atom. The van der Waals surface area contributed by atoms with Gasteiger partial charge < -0.3 is 5.32 Å². The quantitative estimate of drug-likeness (QED) is 0.906. The molecule has 1 aliphatic rings. The van der Waals surface area contributed by atoms with Crippen molar-refractivity contribution in [2.75, 3.05) is 0 Å². The molecule has 2 heterocycles. The number of amides is 1. The van der Waals surface area contributed by atoms with Gasteiger partial charge in [-0.05, 0) is 41.2 Å². The Morgan fingerprint density at radius 3 is 2.84 bits per heavy atom. The highest BCUT2D eigenvalue weighted by atomic mass is 32.1. The van der Waals surface area contributed by atoms with Crippen LogP contribution in [0, 0.1) is 5.92 Å². The summed E-state index contributed by atoms with van der Waals surface area (Å²) in [7, 11) is 0. The lowest BCUT2D eigenvalue weighted by Crippen LogP contribution is -2.48. The van der Waals surface area contributed by atoms with Crippen LogP contribution in [0.2, 0.25) is 0 Å². The van der Waals surface area contributed by atoms with Gasteiger partial charge in [0.15, 0.2) is 0 Å². The summed E-state index contributed by atoms with van der Waals surface area (Å²) in [5.41, 5.74) is 1.32. The third kappa shape index (κ3) is 2.16. The van der Waals surface area contributed by atoms with Crippen molar-refractivity contribution in [1.29, 1.82) is 0 Å². The lowest BCUT2D eigenvalue weighted by molar-refractivity contribution is -0.120. The standard InChI is InChI=1S/C16H19NOS/c1-11(2)16(8-7-15(18)17-16)9-12-10-19-14-6-4-3-5-13(12)14/h3-6,10-11H,7-9H2,1-2H3,(H,17,18). The number of benzene rings is 1. The fraction of sp³-hybridized carbons (Fsp3) is 0.438. The van der Waals surface area contributed by atoms with E-state index in [2.05, 4.69) is 48.8 Å². The van der Waals surface area contributed by atoms with Crippen molar-refractivity contribution in [3.05, 3.63) is 35.2 Å². The summed E-state index contributed by atoms with van der Waals surface area (Å²) < 4.78 is 1.33. The van der Waals surface area contributed by atoms with Crippen LogP contribution in [0.5, 0.6) is 0 Å². The van der Waals surface area contributed by atoms with E-state index in [0.29, 0.717) is 12.3 Å². The molecule has 1 fully saturated rings. The van der Waals surface area contributed by atoms with E-state index in [1.54, 1.807) is 11.3 Å². The predicted molar refractivity (Wildman–Crippen MR) is 80.5 cm³/mol. The van der Waals surface area contributed by atoms with Crippen LogP contribution < -0.4 is 5.32 Å². The SMILES string of the molecule is CC(C)C1(Cc2csc3ccccc23)CCC(=O)N1. The van der Waals surface area contributed by atoms with Crippen LogP contribution in [0.3, 0.4) is 0 Å². The number of carbonyl (C=O) groups is 1. The number of hydrogen-bond acceptors (Lipinski definition) is 2. The zero-order chi connectivity index (χ0) is 13.5. The summed E-state index contributed by atoms with van der Waals surface area (Å²) in [5, 5.41) is 6.83. The van der Waals surface area contributed by atoms with Crippen molar-refractivity contribution in [3.8, 4) is 0 Å². The highest BCUT2D eigenvalue weighted by molar-refractivity contribution is 7.17. The molecule has 1 aromatic heterocycles. The molecular weight excluding hydrogens is 254 g/mol. The second-order valence-electron chi connectivity index (χ2n) is 5.79. The van der Waals surface area contributed by atoms with Gasteiger partial charge in [0.25, 0.3) is 0 Å². The molecule has 0 saturated carbocycles. The molecule has 1 unspecified atom stereocenters. The first-order valence-electron chi connectivity index (χ1n) is 6.87. The zero-order valence-electron chi connectivity index (χ0n) is 11.4. The van der Waals surface area contributed by atoms with Crippen LogP contribution in [0.1, 0.15) is 32.3 Å². The van der Waals surface area contributed by atoms with E-state index in [1.807, 2.05) is 0 Å². The molecule has 1 amide bonds. The van der Waals surface area contributed by atoms with Crippen molar-refractivity contribution in [2.24, 2.45) is 5.92 Å². The van der Waals surface area contributed by atoms with Crippen molar-refractivity contribution >= 4 is 27.3 Å². The monoisotopic (exact) mass is 273 g/mol. The van der Waals surface area contributed by atoms with Gasteiger partial charge in [-0.2, -0.15) is 0 Å². The molecule has 2 aromatic rings. The zero-order valence-corrected chi connectivity index (χ0v) is 12.2. The van der Waals surface area contributed by atoms with Crippen LogP contribution in [0.4, 0.5) is 0 Å². The number of nitrogens with one attached hydrogen (secondary N) is 1. The van der Waals surface area contributed by atoms with Gasteiger partial charge in [-0.3, -0.25) is 4.79 Å². The van der Waals surface area contributed by atoms with Crippen molar-refractivity contribution < 1.29 is 4.79 Å². The molecule has 100 valence electrons. The summed E-state index contributed by atoms with van der Waals surface area (Å²) in [6, 6.07) is 8.52. The average Bonchev–Trinajstić information content (AvgIpc) is 2.96. The maximum atomic E-state index is 11.6. The van der Waals surface area contributed by atoms with Crippen molar-refractivity contribution in [2.45, 2.75) is 38.6 Å². The molecule has 1 saturated heterocycles. The van der Waals surface area contributed by atoms with Crippen LogP contribution in [-0.4, -0.2) is 11.4 Å². The molecule has 0 spiro atoms. The Bertz CT molecular complexity index is 616. The van der Waals surface area contributed by atoms with Crippen LogP contribution >= 0.6 is 11.3 Å². The van der Waals surface area contributed by atoms with Crippen molar-refractivity contribution in [1.82, 2.24) is 5.32 Å². The fourth-order valence-electron chi connectivity index (χ4n) is 3.02. The lowest BCUT2D eigenvalue weighted by atomic mass is 9.80. The Morgan fingerprint density at radius 1 is 1.37 bits per heavy atom. The van der Waals surface area contributed by atoms with Gasteiger partial charge in [-0.25, -0.2) is 0 Å². The summed E-state index contributed by atoms with van der Waals surface area (Å²) in [6.45, 7) is 4.42. The molecule has 2 nitrogen and oxygen atoms in total. The van der Waals surface area contributed by atoms with Crippen LogP contribution in [0.25, 0.3) is 10.1 Å². The molecule has 0 radical (unpaired) electrons. The highest BCUT2D eigenvalue weighted by Crippen LogP contribution is 2.35. The Labute approximate surface area is 117 Å². The van der Waals surface area contributed by atoms with E-state index in [9.17, 15) is 4.79 Å². The lowest BCUT2D eigenvalue weighted by Gasteiger charge is -2.33. The molecule has 1 atom stereocenters. The molecule has 1 aliphatic heterocycles. The van der Waals surface area contributed by atoms with Gasteiger partial charge in [0, 0.05) is 16.7 Å². The number of carbonyl (C=O) groups excluding carboxylic acids is 1. The molecular formula is C16H19NOS. The number of hydrogen-bond donors (Lipinski definition) is 1. The summed E-state index contributed by atoms with van der Waals surface area (Å²) in [6.07, 6.45) is 2.56. The summed E-state index contributed by atoms with van der Waals surface area (Å²) in [5.74, 6) is 0.658. The maximum absolute atomic E-state index is 11.6. The van der Waals surface area contributed by atoms with Gasteiger partial charge in [-0.15, -0.1) is 11.3 Å². The Hall–Kier alpha value is -1.35. The first-order chi connectivity index (χ1) is 9.11. The molecule has 1 N–H and O–H groups in total. The van der Waals surface area contributed by atoms with Gasteiger partial charge >= 0.3 is 0 Å². The van der Waals surface area contributed by atoms with Gasteiger partial charge in [0.2, 0.25) is 5.91 Å². The average molecular weight is 273 g/mol. The minimum absolute atomic E-state index is 0.0546. The van der Waals surface area contributed by atoms with E-state index in [4.69, 9.17) is 0 Å². The van der Waals surface area contributed by atoms with Crippen LogP contribution in [0.15, 0.2) is 29.6 Å². The van der Waals surface area contributed by atoms with E-state index < -0.39 is 0 Å². The number of fused-ring (bicyclic) bond motifs is 1. The molecule has 1 aromatic carbocycles. The molecule has 0 aliphatic carbocycles. The van der Waals surface area contributed by atoms with E-state index in [1.165, 1.54) is 15.6 Å². The van der Waals surface area contributed by atoms with E-state index >= 15 is 0 Å². The van der Waals surface area contributed by atoms with Gasteiger partial charge in [0.1, 0.15) is 0 Å². The third-order valence-electron chi connectivity index (χ3n) is 4.36. The molecule has 3 rings (SSSR count). The minimum Gasteiger partial charge on any atom is -0.350 e. The van der Waals surface area contributed by atoms with Crippen molar-refractivity contribution in [3.63, 3.8) is 0 Å². The second-order valence-corrected chi connectivity index (χ2v) is 6.70. The molecule has 0 bridgehead atoms. The smallest absolute Gasteiger partial charge is 0.220 e. The Kier molecular flexibility index (Phi) is 3.09. The number of rotatable bonds is 3. The number of thiophene rings is 1. The van der Waals surface area contributed by atoms with E-state index in [-0.39, 0.29) is 11.4 Å². The molecule has 19 heavy (non-hydrogen) atoms. The first kappa shape index (κ1) is 12.7. The predicted octanol–water partition coefficient (Wildman–Crippen LogP) is 3.75. The highest BCUT2D eigenvalue weighted by Gasteiger charge is 2.40. The molecule has 3 heteroatoms. The fourth-order valence-corrected chi connectivity index (χ4v) is 3.98. The largest absolute Gasteiger partial charge is 0.350 e. The first-order valence-corrected chi connectivity index (χ1v) is 7.75. The van der Waals surface area contributed by atoms with Gasteiger partial charge in [-0.1, -0.05) is 32.0 Å².